The van der Waals surface area contributed by atoms with E-state index < -0.39 is 14.3 Å². The second-order valence-corrected chi connectivity index (χ2v) is 7.52. The number of para-hydroxylation sites is 2. The van der Waals surface area contributed by atoms with Gasteiger partial charge in [0.2, 0.25) is 15.0 Å². The summed E-state index contributed by atoms with van der Waals surface area (Å²) in [6.07, 6.45) is -0.113. The monoisotopic (exact) mass is 333 g/mol. The van der Waals surface area contributed by atoms with Crippen molar-refractivity contribution in [3.8, 4) is 5.75 Å². The summed E-state index contributed by atoms with van der Waals surface area (Å²) >= 11 is 0. The molecular weight excluding hydrogens is 318 g/mol. The summed E-state index contributed by atoms with van der Waals surface area (Å²) in [4.78, 5) is 13.4. The summed E-state index contributed by atoms with van der Waals surface area (Å²) in [5.74, 6) is 0.225. The maximum atomic E-state index is 12.0. The zero-order valence-corrected chi connectivity index (χ0v) is 13.1. The van der Waals surface area contributed by atoms with Gasteiger partial charge in [-0.1, -0.05) is 12.1 Å². The molecule has 1 aromatic rings. The molecule has 0 bridgehead atoms. The molecule has 0 spiro atoms. The van der Waals surface area contributed by atoms with Crippen LogP contribution in [-0.4, -0.2) is 46.4 Å². The van der Waals surface area contributed by atoms with E-state index in [1.807, 2.05) is 0 Å². The number of ether oxygens (including phenoxy) is 2. The Bertz CT molecular complexity index is 619. The molecule has 1 amide bonds. The molecule has 1 saturated heterocycles. The molecule has 0 radical (unpaired) electrons. The summed E-state index contributed by atoms with van der Waals surface area (Å²) in [7, 11) is 3.15. The lowest BCUT2D eigenvalue weighted by molar-refractivity contribution is -0.117. The third-order valence-corrected chi connectivity index (χ3v) is 5.06. The van der Waals surface area contributed by atoms with Gasteiger partial charge >= 0.3 is 0 Å². The summed E-state index contributed by atoms with van der Waals surface area (Å²) in [5, 5.41) is -0.890. The van der Waals surface area contributed by atoms with Crippen molar-refractivity contribution in [3.05, 3.63) is 24.3 Å². The van der Waals surface area contributed by atoms with E-state index in [4.69, 9.17) is 20.2 Å². The van der Waals surface area contributed by atoms with Crippen LogP contribution in [0.25, 0.3) is 0 Å². The van der Waals surface area contributed by atoms with E-state index in [1.54, 1.807) is 31.4 Å². The maximum absolute atomic E-state index is 12.0. The van der Waals surface area contributed by atoms with Crippen LogP contribution in [0, 0.1) is 0 Å². The number of rotatable bonds is 6. The molecule has 1 aromatic carbocycles. The lowest BCUT2D eigenvalue weighted by Crippen LogP contribution is -2.27. The first-order chi connectivity index (χ1) is 9.93. The molecule has 1 aliphatic rings. The Balaban J connectivity index is 2.20. The molecule has 2 rings (SSSR count). The highest BCUT2D eigenvalue weighted by Crippen LogP contribution is 2.33. The molecule has 116 valence electrons. The van der Waals surface area contributed by atoms with Crippen LogP contribution in [0.2, 0.25) is 0 Å². The van der Waals surface area contributed by atoms with Gasteiger partial charge in [0.25, 0.3) is 0 Å². The molecule has 0 aromatic heterocycles. The van der Waals surface area contributed by atoms with Crippen molar-refractivity contribution >= 4 is 31.3 Å². The molecule has 8 heteroatoms. The van der Waals surface area contributed by atoms with E-state index in [-0.39, 0.29) is 18.9 Å². The number of hydrogen-bond donors (Lipinski definition) is 0. The second-order valence-electron chi connectivity index (χ2n) is 4.62. The van der Waals surface area contributed by atoms with Crippen molar-refractivity contribution in [2.45, 2.75) is 11.7 Å². The number of hydrogen-bond acceptors (Lipinski definition) is 5. The van der Waals surface area contributed by atoms with E-state index in [2.05, 4.69) is 0 Å². The predicted molar refractivity (Wildman–Crippen MR) is 79.3 cm³/mol. The second kappa shape index (κ2) is 6.64. The number of amides is 1. The first-order valence-electron chi connectivity index (χ1n) is 6.38. The minimum Gasteiger partial charge on any atom is -0.489 e. The summed E-state index contributed by atoms with van der Waals surface area (Å²) in [6, 6.07) is 6.97. The van der Waals surface area contributed by atoms with Gasteiger partial charge in [-0.2, -0.15) is 0 Å². The van der Waals surface area contributed by atoms with Crippen LogP contribution in [0.4, 0.5) is 5.69 Å². The largest absolute Gasteiger partial charge is 0.489 e. The summed E-state index contributed by atoms with van der Waals surface area (Å²) < 4.78 is 33.2. The molecule has 1 aliphatic heterocycles. The van der Waals surface area contributed by atoms with Gasteiger partial charge in [-0.15, -0.1) is 0 Å². The standard InChI is InChI=1S/C13H16ClNO5S/c1-19-6-7-20-12-5-3-2-4-11(12)15-9-10(8-13(15)16)21(14,17)18/h2-5,10H,6-9H2,1H3. The van der Waals surface area contributed by atoms with Gasteiger partial charge in [-0.25, -0.2) is 8.42 Å². The number of carbonyl (C=O) groups excluding carboxylic acids is 1. The Labute approximate surface area is 128 Å². The zero-order valence-electron chi connectivity index (χ0n) is 11.5. The Morgan fingerprint density at radius 1 is 1.33 bits per heavy atom. The van der Waals surface area contributed by atoms with E-state index in [0.29, 0.717) is 24.7 Å². The van der Waals surface area contributed by atoms with E-state index in [0.717, 1.165) is 0 Å². The van der Waals surface area contributed by atoms with E-state index in [1.165, 1.54) is 4.90 Å². The van der Waals surface area contributed by atoms with Gasteiger partial charge < -0.3 is 14.4 Å². The van der Waals surface area contributed by atoms with Gasteiger partial charge in [0.1, 0.15) is 17.6 Å². The van der Waals surface area contributed by atoms with E-state index in [9.17, 15) is 13.2 Å². The Morgan fingerprint density at radius 3 is 2.67 bits per heavy atom. The van der Waals surface area contributed by atoms with Crippen LogP contribution >= 0.6 is 10.7 Å². The number of carbonyl (C=O) groups is 1. The maximum Gasteiger partial charge on any atom is 0.237 e. The van der Waals surface area contributed by atoms with Crippen LogP contribution < -0.4 is 9.64 Å². The van der Waals surface area contributed by atoms with Crippen molar-refractivity contribution in [2.75, 3.05) is 31.8 Å². The van der Waals surface area contributed by atoms with E-state index >= 15 is 0 Å². The molecule has 0 aliphatic carbocycles. The molecule has 1 heterocycles. The van der Waals surface area contributed by atoms with Crippen LogP contribution in [0.3, 0.4) is 0 Å². The molecule has 21 heavy (non-hydrogen) atoms. The smallest absolute Gasteiger partial charge is 0.237 e. The zero-order chi connectivity index (χ0) is 15.5. The SMILES string of the molecule is COCCOc1ccccc1N1CC(S(=O)(=O)Cl)CC1=O. The van der Waals surface area contributed by atoms with Gasteiger partial charge in [0.05, 0.1) is 12.3 Å². The lowest BCUT2D eigenvalue weighted by Gasteiger charge is -2.20. The van der Waals surface area contributed by atoms with Crippen molar-refractivity contribution in [2.24, 2.45) is 0 Å². The number of methoxy groups -OCH3 is 1. The number of anilines is 1. The predicted octanol–water partition coefficient (Wildman–Crippen LogP) is 1.39. The van der Waals surface area contributed by atoms with Crippen LogP contribution in [0.5, 0.6) is 5.75 Å². The molecule has 0 N–H and O–H groups in total. The number of benzene rings is 1. The fraction of sp³-hybridized carbons (Fsp3) is 0.462. The van der Waals surface area contributed by atoms with Gasteiger partial charge in [0, 0.05) is 30.8 Å². The first kappa shape index (κ1) is 16.1. The average molecular weight is 334 g/mol. The van der Waals surface area contributed by atoms with Crippen LogP contribution in [-0.2, 0) is 18.6 Å². The fourth-order valence-electron chi connectivity index (χ4n) is 2.13. The molecule has 1 unspecified atom stereocenters. The fourth-order valence-corrected chi connectivity index (χ4v) is 3.16. The van der Waals surface area contributed by atoms with Crippen LogP contribution in [0.15, 0.2) is 24.3 Å². The molecule has 6 nitrogen and oxygen atoms in total. The minimum absolute atomic E-state index is 0.0370. The molecule has 1 atom stereocenters. The third kappa shape index (κ3) is 3.87. The van der Waals surface area contributed by atoms with Crippen molar-refractivity contribution < 1.29 is 22.7 Å². The topological polar surface area (TPSA) is 72.9 Å². The Kier molecular flexibility index (Phi) is 5.08. The lowest BCUT2D eigenvalue weighted by atomic mass is 10.2. The highest BCUT2D eigenvalue weighted by atomic mass is 35.7. The highest BCUT2D eigenvalue weighted by Gasteiger charge is 2.38. The minimum atomic E-state index is -3.76. The van der Waals surface area contributed by atoms with Crippen molar-refractivity contribution in [1.82, 2.24) is 0 Å². The third-order valence-electron chi connectivity index (χ3n) is 3.19. The molecular formula is C13H16ClNO5S. The summed E-state index contributed by atoms with van der Waals surface area (Å²) in [5.41, 5.74) is 0.543. The molecule has 1 fully saturated rings. The van der Waals surface area contributed by atoms with Crippen LogP contribution in [0.1, 0.15) is 6.42 Å². The van der Waals surface area contributed by atoms with Crippen molar-refractivity contribution in [3.63, 3.8) is 0 Å². The normalized spacial score (nSPS) is 19.0. The average Bonchev–Trinajstić information content (AvgIpc) is 2.82. The van der Waals surface area contributed by atoms with Gasteiger partial charge in [0.15, 0.2) is 0 Å². The Morgan fingerprint density at radius 2 is 2.05 bits per heavy atom. The number of halogens is 1. The first-order valence-corrected chi connectivity index (χ1v) is 8.75. The highest BCUT2D eigenvalue weighted by molar-refractivity contribution is 8.14. The van der Waals surface area contributed by atoms with Crippen molar-refractivity contribution in [1.29, 1.82) is 0 Å². The Hall–Kier alpha value is -1.31. The van der Waals surface area contributed by atoms with Gasteiger partial charge in [-0.05, 0) is 12.1 Å². The van der Waals surface area contributed by atoms with Gasteiger partial charge in [-0.3, -0.25) is 4.79 Å². The quantitative estimate of drug-likeness (QED) is 0.581. The number of nitrogens with zero attached hydrogens (tertiary/aromatic N) is 1. The summed E-state index contributed by atoms with van der Waals surface area (Å²) in [6.45, 7) is 0.795. The molecule has 0 saturated carbocycles.